The first-order valence-corrected chi connectivity index (χ1v) is 10.7. The molecule has 1 saturated carbocycles. The molecule has 3 N–H and O–H groups in total. The highest BCUT2D eigenvalue weighted by molar-refractivity contribution is 5.97. The first-order chi connectivity index (χ1) is 13.7. The molecule has 1 aromatic rings. The normalized spacial score (nSPS) is 31.4. The quantitative estimate of drug-likeness (QED) is 0.799. The van der Waals surface area contributed by atoms with Crippen LogP contribution in [0.5, 0.6) is 0 Å². The molecule has 156 valence electrons. The summed E-state index contributed by atoms with van der Waals surface area (Å²) in [5.74, 6) is -0.202. The van der Waals surface area contributed by atoms with Gasteiger partial charge >= 0.3 is 0 Å². The van der Waals surface area contributed by atoms with E-state index in [4.69, 9.17) is 19.9 Å². The number of nitrogen functional groups attached to an aromatic ring is 1. The molecule has 1 aromatic heterocycles. The third-order valence-electron chi connectivity index (χ3n) is 5.92. The lowest BCUT2D eigenvalue weighted by Gasteiger charge is -2.32. The third-order valence-corrected chi connectivity index (χ3v) is 5.92. The fourth-order valence-electron chi connectivity index (χ4n) is 4.29. The number of nitrogens with two attached hydrogens (primary N) is 1. The van der Waals surface area contributed by atoms with E-state index in [1.54, 1.807) is 10.9 Å². The Labute approximate surface area is 166 Å². The average molecular weight is 393 g/mol. The number of hydrogen-bond acceptors (Lipinski definition) is 6. The Morgan fingerprint density at radius 3 is 2.50 bits per heavy atom. The van der Waals surface area contributed by atoms with Crippen molar-refractivity contribution in [2.75, 3.05) is 18.9 Å². The molecule has 8 nitrogen and oxygen atoms in total. The summed E-state index contributed by atoms with van der Waals surface area (Å²) in [7, 11) is 0. The van der Waals surface area contributed by atoms with Gasteiger partial charge in [0.05, 0.1) is 18.0 Å². The monoisotopic (exact) mass is 392 g/mol. The third kappa shape index (κ3) is 4.85. The molecule has 0 bridgehead atoms. The Morgan fingerprint density at radius 2 is 1.82 bits per heavy atom. The van der Waals surface area contributed by atoms with Crippen LogP contribution in [0.4, 0.5) is 5.69 Å². The van der Waals surface area contributed by atoms with Crippen LogP contribution in [0.1, 0.15) is 80.9 Å². The lowest BCUT2D eigenvalue weighted by atomic mass is 9.92. The summed E-state index contributed by atoms with van der Waals surface area (Å²) in [6, 6.07) is 0.134. The van der Waals surface area contributed by atoms with Crippen LogP contribution in [0.15, 0.2) is 6.20 Å². The Kier molecular flexibility index (Phi) is 6.49. The van der Waals surface area contributed by atoms with Crippen molar-refractivity contribution in [3.8, 4) is 0 Å². The van der Waals surface area contributed by atoms with Crippen molar-refractivity contribution < 1.29 is 19.0 Å². The van der Waals surface area contributed by atoms with Crippen molar-refractivity contribution in [3.63, 3.8) is 0 Å². The standard InChI is InChI=1S/C20H32N4O4/c21-16-13-24(17-5-1-3-11-26-17)23-19(16)20(25)22-14-7-9-15(10-8-14)28-18-6-2-4-12-27-18/h13-15,17-18H,1-12,21H2,(H,22,25)/t14?,15?,17-,18+/m1/s1. The van der Waals surface area contributed by atoms with Crippen LogP contribution in [-0.2, 0) is 14.2 Å². The summed E-state index contributed by atoms with van der Waals surface area (Å²) in [6.45, 7) is 1.53. The van der Waals surface area contributed by atoms with Crippen LogP contribution in [0, 0.1) is 0 Å². The molecular formula is C20H32N4O4. The highest BCUT2D eigenvalue weighted by atomic mass is 16.7. The minimum atomic E-state index is -0.202. The SMILES string of the molecule is Nc1cn([C@H]2CCCCO2)nc1C(=O)NC1CCC(O[C@H]2CCCCO2)CC1. The summed E-state index contributed by atoms with van der Waals surface area (Å²) >= 11 is 0. The van der Waals surface area contributed by atoms with Gasteiger partial charge in [-0.25, -0.2) is 4.68 Å². The van der Waals surface area contributed by atoms with Crippen LogP contribution in [0.2, 0.25) is 0 Å². The van der Waals surface area contributed by atoms with E-state index in [-0.39, 0.29) is 30.6 Å². The van der Waals surface area contributed by atoms with Crippen LogP contribution >= 0.6 is 0 Å². The second-order valence-corrected chi connectivity index (χ2v) is 8.11. The largest absolute Gasteiger partial charge is 0.396 e. The van der Waals surface area contributed by atoms with E-state index in [1.807, 2.05) is 0 Å². The van der Waals surface area contributed by atoms with Gasteiger partial charge in [0.15, 0.2) is 12.0 Å². The van der Waals surface area contributed by atoms with Crippen LogP contribution in [-0.4, -0.2) is 47.3 Å². The Bertz CT molecular complexity index is 645. The fourth-order valence-corrected chi connectivity index (χ4v) is 4.29. The molecule has 2 saturated heterocycles. The van der Waals surface area contributed by atoms with Gasteiger partial charge in [0.1, 0.15) is 6.23 Å². The van der Waals surface area contributed by atoms with Crippen molar-refractivity contribution in [2.24, 2.45) is 0 Å². The van der Waals surface area contributed by atoms with E-state index in [1.165, 1.54) is 6.42 Å². The van der Waals surface area contributed by atoms with Gasteiger partial charge < -0.3 is 25.3 Å². The maximum atomic E-state index is 12.7. The van der Waals surface area contributed by atoms with Crippen molar-refractivity contribution >= 4 is 11.6 Å². The van der Waals surface area contributed by atoms with Gasteiger partial charge in [-0.1, -0.05) is 0 Å². The molecule has 0 aromatic carbocycles. The van der Waals surface area contributed by atoms with Crippen molar-refractivity contribution in [2.45, 2.75) is 88.9 Å². The van der Waals surface area contributed by atoms with E-state index in [0.29, 0.717) is 11.4 Å². The molecular weight excluding hydrogens is 360 g/mol. The minimum absolute atomic E-state index is 0.0457. The van der Waals surface area contributed by atoms with Crippen molar-refractivity contribution in [1.29, 1.82) is 0 Å². The number of aromatic nitrogens is 2. The second-order valence-electron chi connectivity index (χ2n) is 8.11. The molecule has 4 rings (SSSR count). The van der Waals surface area contributed by atoms with E-state index in [2.05, 4.69) is 10.4 Å². The van der Waals surface area contributed by atoms with E-state index < -0.39 is 0 Å². The zero-order chi connectivity index (χ0) is 19.3. The van der Waals surface area contributed by atoms with Gasteiger partial charge in [-0.2, -0.15) is 5.10 Å². The molecule has 1 aliphatic carbocycles. The summed E-state index contributed by atoms with van der Waals surface area (Å²) in [4.78, 5) is 12.7. The summed E-state index contributed by atoms with van der Waals surface area (Å²) < 4.78 is 19.2. The number of nitrogens with one attached hydrogen (secondary N) is 1. The molecule has 0 unspecified atom stereocenters. The van der Waals surface area contributed by atoms with Gasteiger partial charge in [-0.3, -0.25) is 4.79 Å². The number of amides is 1. The number of nitrogens with zero attached hydrogens (tertiary/aromatic N) is 2. The Balaban J connectivity index is 1.26. The lowest BCUT2D eigenvalue weighted by Crippen LogP contribution is -2.40. The minimum Gasteiger partial charge on any atom is -0.396 e. The molecule has 3 aliphatic rings. The molecule has 2 aliphatic heterocycles. The maximum Gasteiger partial charge on any atom is 0.274 e. The Hall–Kier alpha value is -1.64. The van der Waals surface area contributed by atoms with Gasteiger partial charge in [0, 0.05) is 19.3 Å². The summed E-state index contributed by atoms with van der Waals surface area (Å²) in [5, 5.41) is 7.50. The van der Waals surface area contributed by atoms with E-state index in [0.717, 1.165) is 71.0 Å². The number of hydrogen-bond donors (Lipinski definition) is 2. The average Bonchev–Trinajstić information content (AvgIpc) is 3.13. The predicted octanol–water partition coefficient (Wildman–Crippen LogP) is 2.75. The maximum absolute atomic E-state index is 12.7. The molecule has 28 heavy (non-hydrogen) atoms. The van der Waals surface area contributed by atoms with Gasteiger partial charge in [-0.15, -0.1) is 0 Å². The topological polar surface area (TPSA) is 101 Å². The highest BCUT2D eigenvalue weighted by Gasteiger charge is 2.28. The van der Waals surface area contributed by atoms with Crippen molar-refractivity contribution in [3.05, 3.63) is 11.9 Å². The first kappa shape index (κ1) is 19.7. The molecule has 0 radical (unpaired) electrons. The highest BCUT2D eigenvalue weighted by Crippen LogP contribution is 2.26. The van der Waals surface area contributed by atoms with Gasteiger partial charge in [0.2, 0.25) is 0 Å². The van der Waals surface area contributed by atoms with Crippen LogP contribution < -0.4 is 11.1 Å². The summed E-state index contributed by atoms with van der Waals surface area (Å²) in [5.41, 5.74) is 6.74. The number of carbonyl (C=O) groups excluding carboxylic acids is 1. The van der Waals surface area contributed by atoms with Crippen molar-refractivity contribution in [1.82, 2.24) is 15.1 Å². The first-order valence-electron chi connectivity index (χ1n) is 10.7. The van der Waals surface area contributed by atoms with E-state index >= 15 is 0 Å². The molecule has 0 spiro atoms. The molecule has 3 fully saturated rings. The van der Waals surface area contributed by atoms with Gasteiger partial charge in [-0.05, 0) is 64.2 Å². The Morgan fingerprint density at radius 1 is 1.07 bits per heavy atom. The number of rotatable bonds is 5. The van der Waals surface area contributed by atoms with Gasteiger partial charge in [0.25, 0.3) is 5.91 Å². The molecule has 3 heterocycles. The fraction of sp³-hybridized carbons (Fsp3) is 0.800. The number of anilines is 1. The molecule has 8 heteroatoms. The molecule has 2 atom stereocenters. The zero-order valence-electron chi connectivity index (χ0n) is 16.5. The summed E-state index contributed by atoms with van der Waals surface area (Å²) in [6.07, 6.45) is 11.8. The second kappa shape index (κ2) is 9.24. The predicted molar refractivity (Wildman–Crippen MR) is 104 cm³/mol. The number of ether oxygens (including phenoxy) is 3. The molecule has 1 amide bonds. The smallest absolute Gasteiger partial charge is 0.274 e. The lowest BCUT2D eigenvalue weighted by molar-refractivity contribution is -0.193. The van der Waals surface area contributed by atoms with E-state index in [9.17, 15) is 4.79 Å². The van der Waals surface area contributed by atoms with Crippen LogP contribution in [0.3, 0.4) is 0 Å². The number of carbonyl (C=O) groups is 1. The van der Waals surface area contributed by atoms with Crippen LogP contribution in [0.25, 0.3) is 0 Å². The zero-order valence-corrected chi connectivity index (χ0v) is 16.5.